The Morgan fingerprint density at radius 1 is 1.30 bits per heavy atom. The number of carbonyl (C=O) groups excluding carboxylic acids is 1. The minimum absolute atomic E-state index is 0.271. The Morgan fingerprint density at radius 2 is 2.19 bits per heavy atom. The van der Waals surface area contributed by atoms with Gasteiger partial charge in [0.25, 0.3) is 0 Å². The first kappa shape index (κ1) is 17.8. The summed E-state index contributed by atoms with van der Waals surface area (Å²) < 4.78 is 5.77. The molecule has 0 spiro atoms. The number of nitrogens with one attached hydrogen (secondary N) is 1. The number of pyridine rings is 1. The Balaban J connectivity index is 1.68. The number of carbonyl (C=O) groups is 1. The number of amides is 2. The number of nitrogens with zero attached hydrogens (tertiary/aromatic N) is 3. The van der Waals surface area contributed by atoms with Gasteiger partial charge in [0, 0.05) is 22.5 Å². The van der Waals surface area contributed by atoms with Crippen molar-refractivity contribution >= 4 is 39.9 Å². The predicted octanol–water partition coefficient (Wildman–Crippen LogP) is 4.99. The Bertz CT molecular complexity index is 991. The molecule has 0 saturated carbocycles. The summed E-state index contributed by atoms with van der Waals surface area (Å²) >= 11 is 7.50. The van der Waals surface area contributed by atoms with Crippen LogP contribution in [0, 0.1) is 6.92 Å². The maximum atomic E-state index is 12.9. The molecule has 6 nitrogen and oxygen atoms in total. The zero-order chi connectivity index (χ0) is 18.8. The summed E-state index contributed by atoms with van der Waals surface area (Å²) in [4.78, 5) is 23.5. The predicted molar refractivity (Wildman–Crippen MR) is 108 cm³/mol. The third-order valence-corrected chi connectivity index (χ3v) is 5.19. The summed E-state index contributed by atoms with van der Waals surface area (Å²) in [7, 11) is 0. The van der Waals surface area contributed by atoms with Gasteiger partial charge >= 0.3 is 6.03 Å². The second-order valence-corrected chi connectivity index (χ2v) is 7.40. The van der Waals surface area contributed by atoms with E-state index in [2.05, 4.69) is 10.3 Å². The highest BCUT2D eigenvalue weighted by molar-refractivity contribution is 7.13. The third-order valence-electron chi connectivity index (χ3n) is 4.08. The molecule has 1 N–H and O–H groups in total. The van der Waals surface area contributed by atoms with Crippen LogP contribution >= 0.6 is 22.9 Å². The lowest BCUT2D eigenvalue weighted by Crippen LogP contribution is -2.36. The van der Waals surface area contributed by atoms with Crippen molar-refractivity contribution in [2.45, 2.75) is 13.3 Å². The van der Waals surface area contributed by atoms with Gasteiger partial charge in [0.1, 0.15) is 0 Å². The molecule has 138 valence electrons. The number of thiazole rings is 1. The normalized spacial score (nSPS) is 13.5. The van der Waals surface area contributed by atoms with Gasteiger partial charge in [-0.25, -0.2) is 14.8 Å². The van der Waals surface area contributed by atoms with Crippen molar-refractivity contribution in [3.63, 3.8) is 0 Å². The smallest absolute Gasteiger partial charge is 0.329 e. The van der Waals surface area contributed by atoms with Crippen molar-refractivity contribution in [3.8, 4) is 17.0 Å². The summed E-state index contributed by atoms with van der Waals surface area (Å²) in [5.41, 5.74) is 2.48. The maximum absolute atomic E-state index is 12.9. The van der Waals surface area contributed by atoms with E-state index < -0.39 is 0 Å². The van der Waals surface area contributed by atoms with Gasteiger partial charge in [0.2, 0.25) is 0 Å². The number of aryl methyl sites for hydroxylation is 1. The van der Waals surface area contributed by atoms with Crippen LogP contribution < -0.4 is 15.0 Å². The van der Waals surface area contributed by atoms with Crippen molar-refractivity contribution in [1.82, 2.24) is 9.97 Å². The zero-order valence-corrected chi connectivity index (χ0v) is 16.2. The van der Waals surface area contributed by atoms with Gasteiger partial charge < -0.3 is 4.74 Å². The fourth-order valence-electron chi connectivity index (χ4n) is 2.83. The van der Waals surface area contributed by atoms with Crippen molar-refractivity contribution in [3.05, 3.63) is 52.5 Å². The maximum Gasteiger partial charge on any atom is 0.329 e. The van der Waals surface area contributed by atoms with Crippen LogP contribution in [-0.2, 0) is 0 Å². The second kappa shape index (κ2) is 7.54. The van der Waals surface area contributed by atoms with Crippen LogP contribution in [0.2, 0.25) is 5.02 Å². The van der Waals surface area contributed by atoms with Crippen LogP contribution in [0.3, 0.4) is 0 Å². The minimum Gasteiger partial charge on any atom is -0.490 e. The van der Waals surface area contributed by atoms with Crippen LogP contribution in [0.5, 0.6) is 5.75 Å². The molecule has 0 bridgehead atoms. The summed E-state index contributed by atoms with van der Waals surface area (Å²) in [6, 6.07) is 10.9. The molecular formula is C19H17ClN4O2S. The van der Waals surface area contributed by atoms with Crippen LogP contribution in [-0.4, -0.2) is 29.2 Å². The zero-order valence-electron chi connectivity index (χ0n) is 14.6. The Labute approximate surface area is 165 Å². The van der Waals surface area contributed by atoms with Gasteiger partial charge in [0.05, 0.1) is 18.0 Å². The SMILES string of the molecule is Cc1csc(NC(=O)N2CCCOc3ccc(-c4cccc(Cl)c4)nc32)n1. The van der Waals surface area contributed by atoms with Crippen molar-refractivity contribution in [1.29, 1.82) is 0 Å². The number of ether oxygens (including phenoxy) is 1. The number of rotatable bonds is 2. The molecule has 0 atom stereocenters. The molecule has 27 heavy (non-hydrogen) atoms. The van der Waals surface area contributed by atoms with Gasteiger partial charge in [0.15, 0.2) is 16.7 Å². The van der Waals surface area contributed by atoms with Crippen LogP contribution in [0.15, 0.2) is 41.8 Å². The highest BCUT2D eigenvalue weighted by atomic mass is 35.5. The van der Waals surface area contributed by atoms with E-state index in [0.29, 0.717) is 41.3 Å². The van der Waals surface area contributed by atoms with Gasteiger partial charge in [-0.1, -0.05) is 23.7 Å². The average molecular weight is 401 g/mol. The summed E-state index contributed by atoms with van der Waals surface area (Å²) in [6.45, 7) is 2.93. The Morgan fingerprint density at radius 3 is 2.96 bits per heavy atom. The van der Waals surface area contributed by atoms with Crippen LogP contribution in [0.1, 0.15) is 12.1 Å². The molecule has 3 aromatic rings. The lowest BCUT2D eigenvalue weighted by atomic mass is 10.1. The number of benzene rings is 1. The second-order valence-electron chi connectivity index (χ2n) is 6.11. The van der Waals surface area contributed by atoms with Crippen LogP contribution in [0.25, 0.3) is 11.3 Å². The van der Waals surface area contributed by atoms with Gasteiger partial charge in [-0.3, -0.25) is 10.2 Å². The highest BCUT2D eigenvalue weighted by Crippen LogP contribution is 2.33. The quantitative estimate of drug-likeness (QED) is 0.658. The third kappa shape index (κ3) is 3.89. The molecule has 0 radical (unpaired) electrons. The number of anilines is 2. The number of aromatic nitrogens is 2. The monoisotopic (exact) mass is 400 g/mol. The number of hydrogen-bond donors (Lipinski definition) is 1. The van der Waals surface area contributed by atoms with E-state index in [9.17, 15) is 4.79 Å². The van der Waals surface area contributed by atoms with E-state index in [0.717, 1.165) is 17.0 Å². The summed E-state index contributed by atoms with van der Waals surface area (Å²) in [5.74, 6) is 1.08. The largest absolute Gasteiger partial charge is 0.490 e. The number of urea groups is 1. The fraction of sp³-hybridized carbons (Fsp3) is 0.211. The van der Waals surface area contributed by atoms with Crippen molar-refractivity contribution in [2.75, 3.05) is 23.4 Å². The average Bonchev–Trinajstić information content (AvgIpc) is 2.94. The fourth-order valence-corrected chi connectivity index (χ4v) is 3.70. The number of fused-ring (bicyclic) bond motifs is 1. The first-order valence-electron chi connectivity index (χ1n) is 8.50. The molecule has 1 aliphatic heterocycles. The molecule has 1 aromatic carbocycles. The van der Waals surface area contributed by atoms with E-state index in [-0.39, 0.29) is 6.03 Å². The van der Waals surface area contributed by atoms with E-state index in [1.807, 2.05) is 48.7 Å². The standard InChI is InChI=1S/C19H17ClN4O2S/c1-12-11-27-18(21-12)23-19(25)24-8-3-9-26-16-7-6-15(22-17(16)24)13-4-2-5-14(20)10-13/h2,4-7,10-11H,3,8-9H2,1H3,(H,21,23,25). The van der Waals surface area contributed by atoms with Gasteiger partial charge in [-0.05, 0) is 37.6 Å². The molecular weight excluding hydrogens is 384 g/mol. The molecule has 2 amide bonds. The molecule has 3 heterocycles. The molecule has 1 aliphatic rings. The molecule has 0 unspecified atom stereocenters. The molecule has 0 saturated heterocycles. The van der Waals surface area contributed by atoms with Crippen LogP contribution in [0.4, 0.5) is 15.7 Å². The Hall–Kier alpha value is -2.64. The molecule has 4 rings (SSSR count). The van der Waals surface area contributed by atoms with Gasteiger partial charge in [-0.15, -0.1) is 11.3 Å². The molecule has 0 aliphatic carbocycles. The lowest BCUT2D eigenvalue weighted by molar-refractivity contribution is 0.256. The first-order valence-corrected chi connectivity index (χ1v) is 9.76. The minimum atomic E-state index is -0.271. The van der Waals surface area contributed by atoms with Gasteiger partial charge in [-0.2, -0.15) is 0 Å². The molecule has 0 fully saturated rings. The highest BCUT2D eigenvalue weighted by Gasteiger charge is 2.25. The summed E-state index contributed by atoms with van der Waals surface area (Å²) in [6.07, 6.45) is 0.715. The van der Waals surface area contributed by atoms with E-state index >= 15 is 0 Å². The molecule has 8 heteroatoms. The van der Waals surface area contributed by atoms with E-state index in [1.54, 1.807) is 4.90 Å². The Kier molecular flexibility index (Phi) is 4.96. The van der Waals surface area contributed by atoms with E-state index in [1.165, 1.54) is 11.3 Å². The van der Waals surface area contributed by atoms with Crippen molar-refractivity contribution in [2.24, 2.45) is 0 Å². The molecule has 2 aromatic heterocycles. The topological polar surface area (TPSA) is 67.4 Å². The number of hydrogen-bond acceptors (Lipinski definition) is 5. The van der Waals surface area contributed by atoms with Crippen molar-refractivity contribution < 1.29 is 9.53 Å². The summed E-state index contributed by atoms with van der Waals surface area (Å²) in [5, 5.41) is 5.94. The number of halogens is 1. The van der Waals surface area contributed by atoms with E-state index in [4.69, 9.17) is 21.3 Å². The first-order chi connectivity index (χ1) is 13.1. The lowest BCUT2D eigenvalue weighted by Gasteiger charge is -2.21.